The van der Waals surface area contributed by atoms with Crippen molar-refractivity contribution in [3.05, 3.63) is 64.9 Å². The molecule has 3 heterocycles. The number of fused-ring (bicyclic) bond motifs is 1. The van der Waals surface area contributed by atoms with Gasteiger partial charge < -0.3 is 14.4 Å². The van der Waals surface area contributed by atoms with Gasteiger partial charge in [0.15, 0.2) is 0 Å². The second kappa shape index (κ2) is 10.6. The van der Waals surface area contributed by atoms with Gasteiger partial charge in [-0.1, -0.05) is 35.9 Å². The molecule has 0 spiro atoms. The molecule has 0 unspecified atom stereocenters. The Bertz CT molecular complexity index is 1250. The Morgan fingerprint density at radius 3 is 2.42 bits per heavy atom. The second-order valence-corrected chi connectivity index (χ2v) is 10.6. The zero-order valence-electron chi connectivity index (χ0n) is 21.1. The van der Waals surface area contributed by atoms with Gasteiger partial charge in [0, 0.05) is 38.8 Å². The van der Waals surface area contributed by atoms with E-state index in [-0.39, 0.29) is 17.7 Å². The fraction of sp³-hybridized carbons (Fsp3) is 0.464. The van der Waals surface area contributed by atoms with E-state index in [1.165, 1.54) is 0 Å². The molecule has 1 atom stereocenters. The minimum absolute atomic E-state index is 0.0125. The van der Waals surface area contributed by atoms with Crippen molar-refractivity contribution in [2.24, 2.45) is 5.92 Å². The average molecular weight is 508 g/mol. The fourth-order valence-corrected chi connectivity index (χ4v) is 5.79. The molecule has 3 aromatic rings. The second-order valence-electron chi connectivity index (χ2n) is 10.2. The largest absolute Gasteiger partial charge is 0.339 e. The highest BCUT2D eigenvalue weighted by atomic mass is 35.5. The van der Waals surface area contributed by atoms with Gasteiger partial charge in [-0.15, -0.1) is 0 Å². The number of imidazole rings is 1. The van der Waals surface area contributed by atoms with Gasteiger partial charge in [0.25, 0.3) is 5.91 Å². The normalized spacial score (nSPS) is 19.3. The summed E-state index contributed by atoms with van der Waals surface area (Å²) >= 11 is 6.22. The Morgan fingerprint density at radius 1 is 0.972 bits per heavy atom. The molecule has 2 saturated heterocycles. The third kappa shape index (κ3) is 5.00. The Kier molecular flexibility index (Phi) is 7.30. The summed E-state index contributed by atoms with van der Waals surface area (Å²) in [5.41, 5.74) is 2.71. The van der Waals surface area contributed by atoms with E-state index in [9.17, 15) is 9.59 Å². The summed E-state index contributed by atoms with van der Waals surface area (Å²) in [6.45, 7) is 9.05. The predicted molar refractivity (Wildman–Crippen MR) is 142 cm³/mol. The van der Waals surface area contributed by atoms with Crippen LogP contribution in [-0.2, 0) is 11.3 Å². The van der Waals surface area contributed by atoms with E-state index in [1.807, 2.05) is 23.1 Å². The van der Waals surface area contributed by atoms with Crippen LogP contribution in [0.3, 0.4) is 0 Å². The van der Waals surface area contributed by atoms with Crippen molar-refractivity contribution < 1.29 is 9.59 Å². The number of rotatable bonds is 5. The molecule has 0 saturated carbocycles. The predicted octanol–water partition coefficient (Wildman–Crippen LogP) is 4.47. The van der Waals surface area contributed by atoms with Crippen LogP contribution in [0.4, 0.5) is 0 Å². The first kappa shape index (κ1) is 24.8. The molecule has 0 bridgehead atoms. The number of hydrogen-bond donors (Lipinski definition) is 0. The summed E-state index contributed by atoms with van der Waals surface area (Å²) in [6, 6.07) is 15.7. The average Bonchev–Trinajstić information content (AvgIpc) is 3.26. The van der Waals surface area contributed by atoms with Gasteiger partial charge in [0.1, 0.15) is 5.82 Å². The molecular formula is C28H34ClN5O2. The van der Waals surface area contributed by atoms with Crippen molar-refractivity contribution >= 4 is 34.4 Å². The molecule has 7 nitrogen and oxygen atoms in total. The molecular weight excluding hydrogens is 474 g/mol. The Hall–Kier alpha value is -2.90. The minimum atomic E-state index is -0.0652. The Balaban J connectivity index is 1.20. The zero-order chi connectivity index (χ0) is 25.2. The first-order valence-electron chi connectivity index (χ1n) is 12.9. The number of carbonyl (C=O) groups excluding carboxylic acids is 2. The molecule has 0 aliphatic carbocycles. The van der Waals surface area contributed by atoms with E-state index in [0.717, 1.165) is 49.3 Å². The number of para-hydroxylation sites is 2. The van der Waals surface area contributed by atoms with Crippen molar-refractivity contribution in [3.8, 4) is 0 Å². The Morgan fingerprint density at radius 2 is 1.67 bits per heavy atom. The molecule has 2 aliphatic heterocycles. The molecule has 2 aliphatic rings. The number of nitrogens with zero attached hydrogens (tertiary/aromatic N) is 5. The third-order valence-corrected chi connectivity index (χ3v) is 7.72. The first-order valence-corrected chi connectivity index (χ1v) is 13.3. The van der Waals surface area contributed by atoms with Crippen molar-refractivity contribution in [2.45, 2.75) is 39.3 Å². The molecule has 0 radical (unpaired) electrons. The molecule has 2 aromatic carbocycles. The zero-order valence-corrected chi connectivity index (χ0v) is 21.8. The van der Waals surface area contributed by atoms with Crippen LogP contribution in [0.5, 0.6) is 0 Å². The van der Waals surface area contributed by atoms with Gasteiger partial charge in [0.05, 0.1) is 34.1 Å². The Labute approximate surface area is 217 Å². The lowest BCUT2D eigenvalue weighted by atomic mass is 9.96. The van der Waals surface area contributed by atoms with Gasteiger partial charge in [-0.3, -0.25) is 14.5 Å². The summed E-state index contributed by atoms with van der Waals surface area (Å²) in [4.78, 5) is 37.3. The van der Waals surface area contributed by atoms with Crippen molar-refractivity contribution in [3.63, 3.8) is 0 Å². The maximum absolute atomic E-state index is 13.4. The van der Waals surface area contributed by atoms with E-state index in [4.69, 9.17) is 16.6 Å². The number of benzene rings is 2. The van der Waals surface area contributed by atoms with Crippen LogP contribution in [0, 0.1) is 5.92 Å². The molecule has 190 valence electrons. The van der Waals surface area contributed by atoms with Gasteiger partial charge in [-0.05, 0) is 57.5 Å². The van der Waals surface area contributed by atoms with Crippen LogP contribution in [0.2, 0.25) is 5.02 Å². The lowest BCUT2D eigenvalue weighted by Crippen LogP contribution is -2.53. The van der Waals surface area contributed by atoms with Crippen molar-refractivity contribution in [1.82, 2.24) is 24.3 Å². The number of amides is 2. The van der Waals surface area contributed by atoms with Crippen LogP contribution in [-0.4, -0.2) is 75.3 Å². The number of carbonyl (C=O) groups is 2. The summed E-state index contributed by atoms with van der Waals surface area (Å²) in [5.74, 6) is 1.19. The van der Waals surface area contributed by atoms with Gasteiger partial charge in [-0.2, -0.15) is 0 Å². The van der Waals surface area contributed by atoms with Crippen molar-refractivity contribution in [2.75, 3.05) is 39.3 Å². The number of hydrogen-bond acceptors (Lipinski definition) is 4. The number of aromatic nitrogens is 2. The van der Waals surface area contributed by atoms with E-state index in [2.05, 4.69) is 41.5 Å². The lowest BCUT2D eigenvalue weighted by Gasteiger charge is -2.39. The number of piperidine rings is 1. The molecule has 0 N–H and O–H groups in total. The maximum Gasteiger partial charge on any atom is 0.255 e. The van der Waals surface area contributed by atoms with E-state index in [0.29, 0.717) is 42.8 Å². The van der Waals surface area contributed by atoms with Gasteiger partial charge in [0.2, 0.25) is 5.91 Å². The van der Waals surface area contributed by atoms with Gasteiger partial charge >= 0.3 is 0 Å². The van der Waals surface area contributed by atoms with Crippen molar-refractivity contribution in [1.29, 1.82) is 0 Å². The number of halogens is 1. The third-order valence-electron chi connectivity index (χ3n) is 7.39. The molecule has 2 amide bonds. The first-order chi connectivity index (χ1) is 17.4. The maximum atomic E-state index is 13.4. The molecule has 8 heteroatoms. The number of likely N-dealkylation sites (tertiary alicyclic amines) is 1. The van der Waals surface area contributed by atoms with Crippen LogP contribution in [0.25, 0.3) is 11.0 Å². The molecule has 5 rings (SSSR count). The topological polar surface area (TPSA) is 61.7 Å². The minimum Gasteiger partial charge on any atom is -0.339 e. The molecule has 1 aromatic heterocycles. The highest BCUT2D eigenvalue weighted by Crippen LogP contribution is 2.26. The van der Waals surface area contributed by atoms with E-state index >= 15 is 0 Å². The lowest BCUT2D eigenvalue weighted by molar-refractivity contribution is -0.139. The standard InChI is InChI=1S/C28H34ClN5O2/c1-20(2)34-25-12-6-5-11-24(25)30-26(34)19-31-13-7-8-21(18-31)27(35)32-14-16-33(17-15-32)28(36)22-9-3-4-10-23(22)29/h3-6,9-12,20-21H,7-8,13-19H2,1-2H3/t21-/m0/s1. The molecule has 2 fully saturated rings. The highest BCUT2D eigenvalue weighted by molar-refractivity contribution is 6.33. The smallest absolute Gasteiger partial charge is 0.255 e. The van der Waals surface area contributed by atoms with Crippen LogP contribution >= 0.6 is 11.6 Å². The monoisotopic (exact) mass is 507 g/mol. The fourth-order valence-electron chi connectivity index (χ4n) is 5.58. The van der Waals surface area contributed by atoms with E-state index in [1.54, 1.807) is 17.0 Å². The van der Waals surface area contributed by atoms with Crippen LogP contribution < -0.4 is 0 Å². The summed E-state index contributed by atoms with van der Waals surface area (Å²) in [7, 11) is 0. The number of piperazine rings is 1. The van der Waals surface area contributed by atoms with Crippen LogP contribution in [0.1, 0.15) is 48.9 Å². The summed E-state index contributed by atoms with van der Waals surface area (Å²) in [5, 5.41) is 0.467. The van der Waals surface area contributed by atoms with Gasteiger partial charge in [-0.25, -0.2) is 4.98 Å². The SMILES string of the molecule is CC(C)n1c(CN2CCC[C@H](C(=O)N3CCN(C(=O)c4ccccc4Cl)CC3)C2)nc2ccccc21. The summed E-state index contributed by atoms with van der Waals surface area (Å²) in [6.07, 6.45) is 1.91. The van der Waals surface area contributed by atoms with E-state index < -0.39 is 0 Å². The molecule has 36 heavy (non-hydrogen) atoms. The quantitative estimate of drug-likeness (QED) is 0.511. The van der Waals surface area contributed by atoms with Crippen LogP contribution in [0.15, 0.2) is 48.5 Å². The highest BCUT2D eigenvalue weighted by Gasteiger charge is 2.33. The summed E-state index contributed by atoms with van der Waals surface area (Å²) < 4.78 is 2.32.